The molecule has 28 heavy (non-hydrogen) atoms. The van der Waals surface area contributed by atoms with Crippen molar-refractivity contribution in [3.63, 3.8) is 0 Å². The predicted octanol–water partition coefficient (Wildman–Crippen LogP) is 5.75. The Labute approximate surface area is 173 Å². The van der Waals surface area contributed by atoms with Crippen LogP contribution in [-0.4, -0.2) is 29.5 Å². The summed E-state index contributed by atoms with van der Waals surface area (Å²) in [7, 11) is 0. The van der Waals surface area contributed by atoms with Crippen LogP contribution in [0.1, 0.15) is 41.1 Å². The largest absolute Gasteiger partial charge is 0.302 e. The molecule has 0 amide bonds. The summed E-state index contributed by atoms with van der Waals surface area (Å²) in [5.41, 5.74) is 5.19. The van der Waals surface area contributed by atoms with Crippen molar-refractivity contribution in [2.45, 2.75) is 31.6 Å². The smallest absolute Gasteiger partial charge is 0.0447 e. The fourth-order valence-electron chi connectivity index (χ4n) is 4.05. The lowest BCUT2D eigenvalue weighted by molar-refractivity contribution is 0.208. The third-order valence-electron chi connectivity index (χ3n) is 5.65. The lowest BCUT2D eigenvalue weighted by Crippen LogP contribution is -2.36. The van der Waals surface area contributed by atoms with Gasteiger partial charge in [0.1, 0.15) is 0 Å². The first kappa shape index (κ1) is 19.2. The molecule has 1 aliphatic rings. The molecule has 144 valence electrons. The lowest BCUT2D eigenvalue weighted by atomic mass is 9.93. The average Bonchev–Trinajstić information content (AvgIpc) is 2.75. The first-order valence-electron chi connectivity index (χ1n) is 10.2. The highest BCUT2D eigenvalue weighted by atomic mass is 35.5. The summed E-state index contributed by atoms with van der Waals surface area (Å²) < 4.78 is 0. The SMILES string of the molecule is Clc1ccc(Cc2ccc([C@@H]3CCCN(CCc4ccccc4)C3)nc2)cc1. The molecule has 0 aliphatic carbocycles. The highest BCUT2D eigenvalue weighted by Gasteiger charge is 2.22. The van der Waals surface area contributed by atoms with Crippen molar-refractivity contribution in [2.24, 2.45) is 0 Å². The third-order valence-corrected chi connectivity index (χ3v) is 5.90. The molecule has 0 N–H and O–H groups in total. The summed E-state index contributed by atoms with van der Waals surface area (Å²) >= 11 is 5.97. The molecular formula is C25H27ClN2. The number of hydrogen-bond donors (Lipinski definition) is 0. The van der Waals surface area contributed by atoms with Crippen molar-refractivity contribution < 1.29 is 0 Å². The second kappa shape index (κ2) is 9.36. The Bertz CT molecular complexity index is 859. The molecule has 2 heterocycles. The van der Waals surface area contributed by atoms with Crippen LogP contribution < -0.4 is 0 Å². The lowest BCUT2D eigenvalue weighted by Gasteiger charge is -2.32. The Kier molecular flexibility index (Phi) is 6.41. The molecule has 2 aromatic carbocycles. The Morgan fingerprint density at radius 1 is 0.893 bits per heavy atom. The van der Waals surface area contributed by atoms with Gasteiger partial charge in [0, 0.05) is 35.9 Å². The van der Waals surface area contributed by atoms with Gasteiger partial charge >= 0.3 is 0 Å². The fourth-order valence-corrected chi connectivity index (χ4v) is 4.18. The molecule has 1 saturated heterocycles. The maximum absolute atomic E-state index is 5.97. The minimum atomic E-state index is 0.550. The van der Waals surface area contributed by atoms with Gasteiger partial charge in [0.25, 0.3) is 0 Å². The number of halogens is 1. The first-order chi connectivity index (χ1) is 13.8. The summed E-state index contributed by atoms with van der Waals surface area (Å²) in [5, 5.41) is 0.784. The van der Waals surface area contributed by atoms with Crippen molar-refractivity contribution >= 4 is 11.6 Å². The molecule has 1 aliphatic heterocycles. The van der Waals surface area contributed by atoms with E-state index in [9.17, 15) is 0 Å². The van der Waals surface area contributed by atoms with Crippen molar-refractivity contribution in [3.8, 4) is 0 Å². The first-order valence-corrected chi connectivity index (χ1v) is 10.6. The van der Waals surface area contributed by atoms with Crippen LogP contribution in [0.3, 0.4) is 0 Å². The minimum Gasteiger partial charge on any atom is -0.302 e. The number of aromatic nitrogens is 1. The number of rotatable bonds is 6. The summed E-state index contributed by atoms with van der Waals surface area (Å²) in [6.07, 6.45) is 6.57. The van der Waals surface area contributed by atoms with Crippen LogP contribution in [0.4, 0.5) is 0 Å². The van der Waals surface area contributed by atoms with Gasteiger partial charge in [0.05, 0.1) is 0 Å². The van der Waals surface area contributed by atoms with E-state index in [1.54, 1.807) is 0 Å². The molecule has 0 unspecified atom stereocenters. The van der Waals surface area contributed by atoms with Crippen molar-refractivity contribution in [2.75, 3.05) is 19.6 Å². The summed E-state index contributed by atoms with van der Waals surface area (Å²) in [4.78, 5) is 7.42. The van der Waals surface area contributed by atoms with E-state index in [1.807, 2.05) is 18.3 Å². The molecule has 0 spiro atoms. The molecule has 3 heteroatoms. The van der Waals surface area contributed by atoms with Gasteiger partial charge in [-0.1, -0.05) is 60.1 Å². The number of hydrogen-bond acceptors (Lipinski definition) is 2. The van der Waals surface area contributed by atoms with Gasteiger partial charge in [-0.2, -0.15) is 0 Å². The van der Waals surface area contributed by atoms with Gasteiger partial charge in [0.15, 0.2) is 0 Å². The summed E-state index contributed by atoms with van der Waals surface area (Å²) in [5.74, 6) is 0.550. The van der Waals surface area contributed by atoms with Crippen LogP contribution >= 0.6 is 11.6 Å². The van der Waals surface area contributed by atoms with E-state index < -0.39 is 0 Å². The Morgan fingerprint density at radius 3 is 2.43 bits per heavy atom. The maximum atomic E-state index is 5.97. The van der Waals surface area contributed by atoms with Gasteiger partial charge in [-0.05, 0) is 67.1 Å². The van der Waals surface area contributed by atoms with E-state index in [4.69, 9.17) is 16.6 Å². The molecule has 2 nitrogen and oxygen atoms in total. The molecule has 0 bridgehead atoms. The molecule has 4 rings (SSSR count). The van der Waals surface area contributed by atoms with Crippen LogP contribution in [0.5, 0.6) is 0 Å². The fraction of sp³-hybridized carbons (Fsp3) is 0.320. The zero-order valence-corrected chi connectivity index (χ0v) is 17.0. The number of likely N-dealkylation sites (tertiary alicyclic amines) is 1. The van der Waals surface area contributed by atoms with Gasteiger partial charge in [-0.3, -0.25) is 4.98 Å². The molecule has 0 saturated carbocycles. The summed E-state index contributed by atoms with van der Waals surface area (Å²) in [6.45, 7) is 3.46. The predicted molar refractivity (Wildman–Crippen MR) is 117 cm³/mol. The maximum Gasteiger partial charge on any atom is 0.0447 e. The highest BCUT2D eigenvalue weighted by Crippen LogP contribution is 2.26. The number of nitrogens with zero attached hydrogens (tertiary/aromatic N) is 2. The van der Waals surface area contributed by atoms with Gasteiger partial charge in [-0.15, -0.1) is 0 Å². The van der Waals surface area contributed by atoms with E-state index >= 15 is 0 Å². The Hall–Kier alpha value is -2.16. The minimum absolute atomic E-state index is 0.550. The molecule has 1 aromatic heterocycles. The zero-order chi connectivity index (χ0) is 19.2. The average molecular weight is 391 g/mol. The molecular weight excluding hydrogens is 364 g/mol. The second-order valence-electron chi connectivity index (χ2n) is 7.77. The summed E-state index contributed by atoms with van der Waals surface area (Å²) in [6, 6.07) is 23.3. The van der Waals surface area contributed by atoms with Crippen molar-refractivity contribution in [3.05, 3.63) is 100 Å². The van der Waals surface area contributed by atoms with Crippen molar-refractivity contribution in [1.29, 1.82) is 0 Å². The van der Waals surface area contributed by atoms with Gasteiger partial charge < -0.3 is 4.90 Å². The molecule has 3 aromatic rings. The highest BCUT2D eigenvalue weighted by molar-refractivity contribution is 6.30. The Morgan fingerprint density at radius 2 is 1.68 bits per heavy atom. The topological polar surface area (TPSA) is 16.1 Å². The van der Waals surface area contributed by atoms with E-state index in [0.717, 1.165) is 31.0 Å². The molecule has 1 fully saturated rings. The van der Waals surface area contributed by atoms with E-state index in [2.05, 4.69) is 59.5 Å². The van der Waals surface area contributed by atoms with E-state index in [-0.39, 0.29) is 0 Å². The van der Waals surface area contributed by atoms with Crippen LogP contribution in [0.25, 0.3) is 0 Å². The normalized spacial score (nSPS) is 17.5. The van der Waals surface area contributed by atoms with Crippen LogP contribution in [0, 0.1) is 0 Å². The van der Waals surface area contributed by atoms with Crippen LogP contribution in [0.2, 0.25) is 5.02 Å². The monoisotopic (exact) mass is 390 g/mol. The quantitative estimate of drug-likeness (QED) is 0.532. The Balaban J connectivity index is 1.33. The van der Waals surface area contributed by atoms with Crippen molar-refractivity contribution in [1.82, 2.24) is 9.88 Å². The number of piperidine rings is 1. The number of benzene rings is 2. The number of pyridine rings is 1. The van der Waals surface area contributed by atoms with Gasteiger partial charge in [-0.25, -0.2) is 0 Å². The third kappa shape index (κ3) is 5.21. The zero-order valence-electron chi connectivity index (χ0n) is 16.2. The standard InChI is InChI=1S/C25H27ClN2/c26-24-11-8-21(9-12-24)17-22-10-13-25(27-18-22)23-7-4-15-28(19-23)16-14-20-5-2-1-3-6-20/h1-3,5-6,8-13,18,23H,4,7,14-17,19H2/t23-/m1/s1. The van der Waals surface area contributed by atoms with Crippen LogP contribution in [-0.2, 0) is 12.8 Å². The van der Waals surface area contributed by atoms with Gasteiger partial charge in [0.2, 0.25) is 0 Å². The van der Waals surface area contributed by atoms with Crippen LogP contribution in [0.15, 0.2) is 72.9 Å². The van der Waals surface area contributed by atoms with E-state index in [1.165, 1.54) is 41.8 Å². The second-order valence-corrected chi connectivity index (χ2v) is 8.21. The van der Waals surface area contributed by atoms with E-state index in [0.29, 0.717) is 5.92 Å². The molecule has 1 atom stereocenters. The molecule has 0 radical (unpaired) electrons.